The Balaban J connectivity index is 2.02. The van der Waals surface area contributed by atoms with Gasteiger partial charge in [0.2, 0.25) is 9.84 Å². The van der Waals surface area contributed by atoms with Crippen molar-refractivity contribution < 1.29 is 8.42 Å². The zero-order chi connectivity index (χ0) is 12.9. The molecule has 0 aromatic heterocycles. The Bertz CT molecular complexity index is 601. The standard InChI is InChI=1S/C14H17NO2S/c1-10-3-6-12(7-4-10)18(16,17)14-9-11-5-8-13(14)15(11)2/h3-4,6-7,9,11,13H,5,8H2,1-2H3. The Kier molecular flexibility index (Phi) is 2.61. The summed E-state index contributed by atoms with van der Waals surface area (Å²) < 4.78 is 25.2. The van der Waals surface area contributed by atoms with Crippen molar-refractivity contribution >= 4 is 9.84 Å². The van der Waals surface area contributed by atoms with Crippen LogP contribution in [-0.2, 0) is 9.84 Å². The van der Waals surface area contributed by atoms with Gasteiger partial charge in [0.1, 0.15) is 0 Å². The fraction of sp³-hybridized carbons (Fsp3) is 0.429. The molecule has 0 radical (unpaired) electrons. The summed E-state index contributed by atoms with van der Waals surface area (Å²) in [6.45, 7) is 1.96. The lowest BCUT2D eigenvalue weighted by molar-refractivity contribution is 0.330. The molecule has 0 N–H and O–H groups in total. The number of rotatable bonds is 2. The number of nitrogens with zero attached hydrogens (tertiary/aromatic N) is 1. The smallest absolute Gasteiger partial charge is 0.204 e. The van der Waals surface area contributed by atoms with Crippen molar-refractivity contribution in [3.05, 3.63) is 40.8 Å². The third-order valence-corrected chi connectivity index (χ3v) is 6.00. The fourth-order valence-electron chi connectivity index (χ4n) is 2.93. The molecule has 18 heavy (non-hydrogen) atoms. The molecule has 2 unspecified atom stereocenters. The van der Waals surface area contributed by atoms with Crippen molar-refractivity contribution in [2.45, 2.75) is 36.7 Å². The Morgan fingerprint density at radius 1 is 1.17 bits per heavy atom. The Morgan fingerprint density at radius 2 is 1.83 bits per heavy atom. The van der Waals surface area contributed by atoms with E-state index in [0.717, 1.165) is 18.4 Å². The van der Waals surface area contributed by atoms with Gasteiger partial charge in [-0.25, -0.2) is 8.42 Å². The fourth-order valence-corrected chi connectivity index (χ4v) is 4.68. The van der Waals surface area contributed by atoms with Crippen LogP contribution in [-0.4, -0.2) is 32.4 Å². The van der Waals surface area contributed by atoms with Crippen LogP contribution in [0.15, 0.2) is 40.1 Å². The molecule has 3 nitrogen and oxygen atoms in total. The van der Waals surface area contributed by atoms with Gasteiger partial charge in [-0.2, -0.15) is 0 Å². The lowest BCUT2D eigenvalue weighted by Crippen LogP contribution is -2.27. The molecule has 0 aliphatic carbocycles. The number of hydrogen-bond donors (Lipinski definition) is 0. The minimum absolute atomic E-state index is 0.0845. The van der Waals surface area contributed by atoms with Crippen LogP contribution in [0.2, 0.25) is 0 Å². The monoisotopic (exact) mass is 263 g/mol. The van der Waals surface area contributed by atoms with E-state index in [1.165, 1.54) is 0 Å². The lowest BCUT2D eigenvalue weighted by atomic mass is 10.1. The predicted molar refractivity (Wildman–Crippen MR) is 71.0 cm³/mol. The molecule has 2 heterocycles. The van der Waals surface area contributed by atoms with E-state index in [2.05, 4.69) is 4.90 Å². The Labute approximate surface area is 108 Å². The van der Waals surface area contributed by atoms with Crippen molar-refractivity contribution in [3.63, 3.8) is 0 Å². The zero-order valence-electron chi connectivity index (χ0n) is 10.6. The topological polar surface area (TPSA) is 37.4 Å². The van der Waals surface area contributed by atoms with E-state index in [0.29, 0.717) is 15.8 Å². The number of hydrogen-bond acceptors (Lipinski definition) is 3. The minimum Gasteiger partial charge on any atom is -0.292 e. The molecule has 1 aromatic rings. The largest absolute Gasteiger partial charge is 0.292 e. The van der Waals surface area contributed by atoms with Crippen LogP contribution in [0.25, 0.3) is 0 Å². The number of benzene rings is 1. The summed E-state index contributed by atoms with van der Waals surface area (Å²) in [5.74, 6) is 0. The van der Waals surface area contributed by atoms with Gasteiger partial charge in [-0.3, -0.25) is 4.90 Å². The highest BCUT2D eigenvalue weighted by atomic mass is 32.2. The van der Waals surface area contributed by atoms with E-state index in [-0.39, 0.29) is 6.04 Å². The third kappa shape index (κ3) is 1.63. The summed E-state index contributed by atoms with van der Waals surface area (Å²) in [5.41, 5.74) is 1.08. The van der Waals surface area contributed by atoms with Gasteiger partial charge in [-0.15, -0.1) is 0 Å². The Hall–Kier alpha value is -1.13. The number of aryl methyl sites for hydroxylation is 1. The molecule has 2 aliphatic rings. The first-order chi connectivity index (χ1) is 8.50. The molecule has 2 bridgehead atoms. The van der Waals surface area contributed by atoms with Crippen molar-refractivity contribution in [2.24, 2.45) is 0 Å². The van der Waals surface area contributed by atoms with Gasteiger partial charge in [0.25, 0.3) is 0 Å². The average Bonchev–Trinajstić information content (AvgIpc) is 2.86. The van der Waals surface area contributed by atoms with Gasteiger partial charge in [0.15, 0.2) is 0 Å². The number of fused-ring (bicyclic) bond motifs is 2. The van der Waals surface area contributed by atoms with Gasteiger partial charge < -0.3 is 0 Å². The summed E-state index contributed by atoms with van der Waals surface area (Å²) in [6.07, 6.45) is 3.97. The molecule has 0 saturated carbocycles. The maximum atomic E-state index is 12.6. The van der Waals surface area contributed by atoms with Crippen LogP contribution in [0, 0.1) is 6.92 Å². The molecule has 2 atom stereocenters. The van der Waals surface area contributed by atoms with Gasteiger partial charge >= 0.3 is 0 Å². The van der Waals surface area contributed by atoms with Gasteiger partial charge in [-0.1, -0.05) is 23.8 Å². The highest BCUT2D eigenvalue weighted by molar-refractivity contribution is 7.95. The second-order valence-corrected chi connectivity index (χ2v) is 7.16. The van der Waals surface area contributed by atoms with Crippen molar-refractivity contribution in [3.8, 4) is 0 Å². The molecule has 96 valence electrons. The van der Waals surface area contributed by atoms with Crippen molar-refractivity contribution in [2.75, 3.05) is 7.05 Å². The normalized spacial score (nSPS) is 27.6. The number of likely N-dealkylation sites (N-methyl/N-ethyl adjacent to an activating group) is 1. The molecule has 0 amide bonds. The van der Waals surface area contributed by atoms with Crippen LogP contribution < -0.4 is 0 Å². The summed E-state index contributed by atoms with van der Waals surface area (Å²) in [5, 5.41) is 0. The SMILES string of the molecule is Cc1ccc(S(=O)(=O)C2=CC3CCC2N3C)cc1. The van der Waals surface area contributed by atoms with E-state index in [1.54, 1.807) is 12.1 Å². The van der Waals surface area contributed by atoms with E-state index in [4.69, 9.17) is 0 Å². The van der Waals surface area contributed by atoms with Crippen LogP contribution in [0.3, 0.4) is 0 Å². The molecule has 1 fully saturated rings. The highest BCUT2D eigenvalue weighted by Gasteiger charge is 2.43. The average molecular weight is 263 g/mol. The van der Waals surface area contributed by atoms with E-state index < -0.39 is 9.84 Å². The molecule has 1 aromatic carbocycles. The van der Waals surface area contributed by atoms with Gasteiger partial charge in [0, 0.05) is 12.1 Å². The third-order valence-electron chi connectivity index (χ3n) is 4.08. The molecule has 4 heteroatoms. The minimum atomic E-state index is -3.30. The lowest BCUT2D eigenvalue weighted by Gasteiger charge is -2.18. The van der Waals surface area contributed by atoms with Crippen molar-refractivity contribution in [1.29, 1.82) is 0 Å². The molecular weight excluding hydrogens is 246 g/mol. The summed E-state index contributed by atoms with van der Waals surface area (Å²) in [6, 6.07) is 7.51. The Morgan fingerprint density at radius 3 is 2.33 bits per heavy atom. The summed E-state index contributed by atoms with van der Waals surface area (Å²) >= 11 is 0. The summed E-state index contributed by atoms with van der Waals surface area (Å²) in [7, 11) is -1.29. The van der Waals surface area contributed by atoms with Gasteiger partial charge in [-0.05, 0) is 38.9 Å². The predicted octanol–water partition coefficient (Wildman–Crippen LogP) is 2.13. The quantitative estimate of drug-likeness (QED) is 0.820. The maximum Gasteiger partial charge on any atom is 0.204 e. The van der Waals surface area contributed by atoms with E-state index >= 15 is 0 Å². The summed E-state index contributed by atoms with van der Waals surface area (Å²) in [4.78, 5) is 3.19. The highest BCUT2D eigenvalue weighted by Crippen LogP contribution is 2.40. The molecule has 1 saturated heterocycles. The van der Waals surface area contributed by atoms with E-state index in [1.807, 2.05) is 32.2 Å². The van der Waals surface area contributed by atoms with Crippen molar-refractivity contribution in [1.82, 2.24) is 4.90 Å². The zero-order valence-corrected chi connectivity index (χ0v) is 11.4. The molecule has 3 rings (SSSR count). The maximum absolute atomic E-state index is 12.6. The molecular formula is C14H17NO2S. The second-order valence-electron chi connectivity index (χ2n) is 5.21. The number of sulfone groups is 1. The van der Waals surface area contributed by atoms with Crippen LogP contribution in [0.4, 0.5) is 0 Å². The van der Waals surface area contributed by atoms with Gasteiger partial charge in [0.05, 0.1) is 9.80 Å². The van der Waals surface area contributed by atoms with E-state index in [9.17, 15) is 8.42 Å². The van der Waals surface area contributed by atoms with Crippen LogP contribution >= 0.6 is 0 Å². The van der Waals surface area contributed by atoms with Crippen LogP contribution in [0.1, 0.15) is 18.4 Å². The second kappa shape index (κ2) is 3.93. The first-order valence-corrected chi connectivity index (χ1v) is 7.74. The molecule has 0 spiro atoms. The van der Waals surface area contributed by atoms with Crippen LogP contribution in [0.5, 0.6) is 0 Å². The first-order valence-electron chi connectivity index (χ1n) is 6.25. The molecule has 2 aliphatic heterocycles. The first kappa shape index (κ1) is 11.9.